The number of likely N-dealkylation sites (tertiary alicyclic amines) is 1. The molecule has 1 aliphatic rings. The highest BCUT2D eigenvalue weighted by atomic mass is 16.5. The minimum Gasteiger partial charge on any atom is -0.472 e. The van der Waals surface area contributed by atoms with E-state index in [4.69, 9.17) is 4.74 Å². The quantitative estimate of drug-likeness (QED) is 0.896. The number of ether oxygens (including phenoxy) is 1. The Morgan fingerprint density at radius 2 is 2.04 bits per heavy atom. The number of carbonyl (C=O) groups is 2. The first-order valence-electron chi connectivity index (χ1n) is 8.84. The fourth-order valence-electron chi connectivity index (χ4n) is 2.96. The number of rotatable bonds is 5. The summed E-state index contributed by atoms with van der Waals surface area (Å²) in [7, 11) is 0. The van der Waals surface area contributed by atoms with Crippen molar-refractivity contribution in [2.45, 2.75) is 26.4 Å². The molecule has 1 aromatic heterocycles. The van der Waals surface area contributed by atoms with Crippen molar-refractivity contribution in [2.24, 2.45) is 0 Å². The van der Waals surface area contributed by atoms with Crippen molar-refractivity contribution < 1.29 is 14.3 Å². The van der Waals surface area contributed by atoms with E-state index in [-0.39, 0.29) is 17.9 Å². The molecule has 1 fully saturated rings. The van der Waals surface area contributed by atoms with Gasteiger partial charge in [0.2, 0.25) is 5.88 Å². The second-order valence-corrected chi connectivity index (χ2v) is 6.36. The van der Waals surface area contributed by atoms with Crippen LogP contribution < -0.4 is 10.1 Å². The Bertz CT molecular complexity index is 789. The van der Waals surface area contributed by atoms with Crippen LogP contribution in [0.15, 0.2) is 42.6 Å². The van der Waals surface area contributed by atoms with E-state index in [1.54, 1.807) is 23.2 Å². The molecule has 0 radical (unpaired) electrons. The standard InChI is InChI=1S/C20H23N3O3/c1-3-21-18(24)17-5-4-11-22-19(17)26-16-10-12-23(13-16)20(25)15-8-6-14(2)7-9-15/h4-9,11,16H,3,10,12-13H2,1-2H3,(H,21,24). The Kier molecular flexibility index (Phi) is 5.51. The van der Waals surface area contributed by atoms with Crippen molar-refractivity contribution in [3.63, 3.8) is 0 Å². The average molecular weight is 353 g/mol. The number of amides is 2. The SMILES string of the molecule is CCNC(=O)c1cccnc1OC1CCN(C(=O)c2ccc(C)cc2)C1. The van der Waals surface area contributed by atoms with Gasteiger partial charge in [-0.05, 0) is 38.1 Å². The highest BCUT2D eigenvalue weighted by molar-refractivity contribution is 5.96. The van der Waals surface area contributed by atoms with E-state index in [2.05, 4.69) is 10.3 Å². The van der Waals surface area contributed by atoms with Gasteiger partial charge in [0.05, 0.1) is 6.54 Å². The predicted molar refractivity (Wildman–Crippen MR) is 98.4 cm³/mol. The number of aromatic nitrogens is 1. The summed E-state index contributed by atoms with van der Waals surface area (Å²) >= 11 is 0. The Hall–Kier alpha value is -2.89. The third-order valence-corrected chi connectivity index (χ3v) is 4.36. The first-order chi connectivity index (χ1) is 12.6. The maximum Gasteiger partial charge on any atom is 0.256 e. The summed E-state index contributed by atoms with van der Waals surface area (Å²) in [4.78, 5) is 30.7. The Balaban J connectivity index is 1.66. The van der Waals surface area contributed by atoms with E-state index in [1.807, 2.05) is 38.1 Å². The molecule has 1 N–H and O–H groups in total. The molecule has 1 aliphatic heterocycles. The molecule has 2 heterocycles. The Morgan fingerprint density at radius 1 is 1.27 bits per heavy atom. The van der Waals surface area contributed by atoms with Crippen LogP contribution in [0, 0.1) is 6.92 Å². The lowest BCUT2D eigenvalue weighted by molar-refractivity contribution is 0.0768. The molecule has 1 unspecified atom stereocenters. The molecule has 3 rings (SSSR count). The van der Waals surface area contributed by atoms with Gasteiger partial charge in [-0.2, -0.15) is 0 Å². The smallest absolute Gasteiger partial charge is 0.256 e. The van der Waals surface area contributed by atoms with Gasteiger partial charge < -0.3 is 15.0 Å². The number of pyridine rings is 1. The van der Waals surface area contributed by atoms with Gasteiger partial charge in [0, 0.05) is 31.3 Å². The highest BCUT2D eigenvalue weighted by Gasteiger charge is 2.29. The maximum atomic E-state index is 12.6. The molecule has 6 nitrogen and oxygen atoms in total. The lowest BCUT2D eigenvalue weighted by Gasteiger charge is -2.18. The molecular weight excluding hydrogens is 330 g/mol. The topological polar surface area (TPSA) is 71.5 Å². The van der Waals surface area contributed by atoms with E-state index < -0.39 is 0 Å². The summed E-state index contributed by atoms with van der Waals surface area (Å²) in [5, 5.41) is 2.76. The van der Waals surface area contributed by atoms with Crippen LogP contribution in [0.3, 0.4) is 0 Å². The lowest BCUT2D eigenvalue weighted by atomic mass is 10.1. The molecule has 2 aromatic rings. The summed E-state index contributed by atoms with van der Waals surface area (Å²) in [5.74, 6) is 0.107. The molecule has 26 heavy (non-hydrogen) atoms. The van der Waals surface area contributed by atoms with Gasteiger partial charge in [-0.25, -0.2) is 4.98 Å². The molecule has 1 atom stereocenters. The molecule has 0 bridgehead atoms. The van der Waals surface area contributed by atoms with Crippen LogP contribution in [-0.2, 0) is 0 Å². The zero-order valence-corrected chi connectivity index (χ0v) is 15.1. The molecule has 136 valence electrons. The van der Waals surface area contributed by atoms with Crippen LogP contribution in [-0.4, -0.2) is 47.4 Å². The van der Waals surface area contributed by atoms with E-state index >= 15 is 0 Å². The van der Waals surface area contributed by atoms with Crippen LogP contribution in [0.2, 0.25) is 0 Å². The minimum atomic E-state index is -0.207. The van der Waals surface area contributed by atoms with E-state index in [1.165, 1.54) is 0 Å². The second kappa shape index (κ2) is 7.99. The number of hydrogen-bond donors (Lipinski definition) is 1. The monoisotopic (exact) mass is 353 g/mol. The van der Waals surface area contributed by atoms with E-state index in [0.29, 0.717) is 43.1 Å². The molecular formula is C20H23N3O3. The predicted octanol–water partition coefficient (Wildman–Crippen LogP) is 2.43. The van der Waals surface area contributed by atoms with Gasteiger partial charge in [-0.15, -0.1) is 0 Å². The number of nitrogens with zero attached hydrogens (tertiary/aromatic N) is 2. The summed E-state index contributed by atoms with van der Waals surface area (Å²) in [5.41, 5.74) is 2.21. The van der Waals surface area contributed by atoms with E-state index in [0.717, 1.165) is 5.56 Å². The normalized spacial score (nSPS) is 16.4. The zero-order chi connectivity index (χ0) is 18.5. The Labute approximate surface area is 153 Å². The third kappa shape index (κ3) is 4.02. The average Bonchev–Trinajstić information content (AvgIpc) is 3.11. The Morgan fingerprint density at radius 3 is 2.77 bits per heavy atom. The summed E-state index contributed by atoms with van der Waals surface area (Å²) < 4.78 is 5.94. The number of carbonyl (C=O) groups excluding carboxylic acids is 2. The van der Waals surface area contributed by atoms with Gasteiger partial charge in [-0.3, -0.25) is 9.59 Å². The van der Waals surface area contributed by atoms with Crippen molar-refractivity contribution in [3.8, 4) is 5.88 Å². The maximum absolute atomic E-state index is 12.6. The number of benzene rings is 1. The third-order valence-electron chi connectivity index (χ3n) is 4.36. The van der Waals surface area contributed by atoms with Crippen molar-refractivity contribution in [3.05, 3.63) is 59.3 Å². The molecule has 0 saturated carbocycles. The fraction of sp³-hybridized carbons (Fsp3) is 0.350. The number of aryl methyl sites for hydroxylation is 1. The second-order valence-electron chi connectivity index (χ2n) is 6.36. The van der Waals surface area contributed by atoms with Crippen molar-refractivity contribution in [1.29, 1.82) is 0 Å². The molecule has 0 aliphatic carbocycles. The van der Waals surface area contributed by atoms with Crippen LogP contribution in [0.1, 0.15) is 39.6 Å². The highest BCUT2D eigenvalue weighted by Crippen LogP contribution is 2.21. The lowest BCUT2D eigenvalue weighted by Crippen LogP contribution is -2.31. The first kappa shape index (κ1) is 17.9. The van der Waals surface area contributed by atoms with Gasteiger partial charge in [0.1, 0.15) is 11.7 Å². The van der Waals surface area contributed by atoms with Gasteiger partial charge in [0.25, 0.3) is 11.8 Å². The van der Waals surface area contributed by atoms with Crippen LogP contribution in [0.25, 0.3) is 0 Å². The summed E-state index contributed by atoms with van der Waals surface area (Å²) in [6.07, 6.45) is 2.14. The summed E-state index contributed by atoms with van der Waals surface area (Å²) in [6, 6.07) is 11.0. The molecule has 2 amide bonds. The van der Waals surface area contributed by atoms with E-state index in [9.17, 15) is 9.59 Å². The van der Waals surface area contributed by atoms with Crippen LogP contribution in [0.5, 0.6) is 5.88 Å². The number of hydrogen-bond acceptors (Lipinski definition) is 4. The molecule has 1 saturated heterocycles. The number of nitrogens with one attached hydrogen (secondary N) is 1. The van der Waals surface area contributed by atoms with Gasteiger partial charge >= 0.3 is 0 Å². The first-order valence-corrected chi connectivity index (χ1v) is 8.84. The van der Waals surface area contributed by atoms with Gasteiger partial charge in [-0.1, -0.05) is 17.7 Å². The zero-order valence-electron chi connectivity index (χ0n) is 15.1. The fourth-order valence-corrected chi connectivity index (χ4v) is 2.96. The molecule has 0 spiro atoms. The minimum absolute atomic E-state index is 0.000991. The largest absolute Gasteiger partial charge is 0.472 e. The van der Waals surface area contributed by atoms with Crippen molar-refractivity contribution in [1.82, 2.24) is 15.2 Å². The summed E-state index contributed by atoms with van der Waals surface area (Å²) in [6.45, 7) is 5.50. The van der Waals surface area contributed by atoms with Crippen LogP contribution >= 0.6 is 0 Å². The molecule has 1 aromatic carbocycles. The van der Waals surface area contributed by atoms with Gasteiger partial charge in [0.15, 0.2) is 0 Å². The van der Waals surface area contributed by atoms with Crippen molar-refractivity contribution in [2.75, 3.05) is 19.6 Å². The molecule has 6 heteroatoms. The van der Waals surface area contributed by atoms with Crippen LogP contribution in [0.4, 0.5) is 0 Å². The van der Waals surface area contributed by atoms with Crippen molar-refractivity contribution >= 4 is 11.8 Å².